The quantitative estimate of drug-likeness (QED) is 0.732. The molecule has 120 valence electrons. The number of rotatable bonds is 1. The van der Waals surface area contributed by atoms with Gasteiger partial charge in [0.2, 0.25) is 5.91 Å². The van der Waals surface area contributed by atoms with E-state index < -0.39 is 0 Å². The summed E-state index contributed by atoms with van der Waals surface area (Å²) in [7, 11) is 0. The van der Waals surface area contributed by atoms with Crippen molar-refractivity contribution in [1.82, 2.24) is 4.90 Å². The van der Waals surface area contributed by atoms with Gasteiger partial charge >= 0.3 is 0 Å². The van der Waals surface area contributed by atoms with Gasteiger partial charge in [-0.1, -0.05) is 18.2 Å². The largest absolute Gasteiger partial charge is 0.378 e. The van der Waals surface area contributed by atoms with Crippen LogP contribution in [0, 0.1) is 11.8 Å². The second kappa shape index (κ2) is 6.38. The average molecular weight is 341 g/mol. The van der Waals surface area contributed by atoms with Gasteiger partial charge in [-0.2, -0.15) is 0 Å². The average Bonchev–Trinajstić information content (AvgIpc) is 2.93. The van der Waals surface area contributed by atoms with Gasteiger partial charge in [-0.15, -0.1) is 24.2 Å². The molecular formula is C16H21ClN2O2S. The summed E-state index contributed by atoms with van der Waals surface area (Å²) in [5.74, 6) is 1.77. The first-order valence-corrected chi connectivity index (χ1v) is 8.71. The maximum atomic E-state index is 12.9. The van der Waals surface area contributed by atoms with Crippen LogP contribution in [0.15, 0.2) is 29.3 Å². The lowest BCUT2D eigenvalue weighted by Crippen LogP contribution is -2.49. The Kier molecular flexibility index (Phi) is 4.67. The molecule has 2 fully saturated rings. The first kappa shape index (κ1) is 16.1. The molecule has 22 heavy (non-hydrogen) atoms. The number of aliphatic imine (C=N–C) groups is 1. The smallest absolute Gasteiger partial charge is 0.227 e. The minimum absolute atomic E-state index is 0. The van der Waals surface area contributed by atoms with E-state index in [2.05, 4.69) is 24.3 Å². The summed E-state index contributed by atoms with van der Waals surface area (Å²) in [5.41, 5.74) is 1.17. The summed E-state index contributed by atoms with van der Waals surface area (Å²) < 4.78 is 5.32. The summed E-state index contributed by atoms with van der Waals surface area (Å²) in [6, 6.07) is 0. The zero-order valence-corrected chi connectivity index (χ0v) is 14.1. The molecule has 1 aliphatic carbocycles. The molecule has 3 heterocycles. The van der Waals surface area contributed by atoms with Crippen LogP contribution in [0.3, 0.4) is 0 Å². The number of ether oxygens (including phenoxy) is 1. The van der Waals surface area contributed by atoms with Crippen molar-refractivity contribution in [2.45, 2.75) is 11.2 Å². The van der Waals surface area contributed by atoms with Gasteiger partial charge in [0.15, 0.2) is 0 Å². The van der Waals surface area contributed by atoms with Crippen molar-refractivity contribution in [3.8, 4) is 0 Å². The van der Waals surface area contributed by atoms with E-state index in [1.54, 1.807) is 0 Å². The van der Waals surface area contributed by atoms with Gasteiger partial charge < -0.3 is 9.64 Å². The molecule has 3 atom stereocenters. The Bertz CT molecular complexity index is 542. The third-order valence-corrected chi connectivity index (χ3v) is 6.66. The van der Waals surface area contributed by atoms with Gasteiger partial charge in [0, 0.05) is 25.4 Å². The molecule has 0 aromatic rings. The fourth-order valence-corrected chi connectivity index (χ4v) is 5.71. The molecule has 0 aromatic heterocycles. The van der Waals surface area contributed by atoms with E-state index >= 15 is 0 Å². The predicted octanol–water partition coefficient (Wildman–Crippen LogP) is 1.96. The molecule has 0 N–H and O–H groups in total. The number of carbonyl (C=O) groups excluding carboxylic acids is 1. The van der Waals surface area contributed by atoms with Crippen LogP contribution in [-0.2, 0) is 9.53 Å². The Hall–Kier alpha value is -0.780. The first-order valence-electron chi connectivity index (χ1n) is 7.72. The van der Waals surface area contributed by atoms with Crippen molar-refractivity contribution in [1.29, 1.82) is 0 Å². The molecule has 6 heteroatoms. The summed E-state index contributed by atoms with van der Waals surface area (Å²) in [4.78, 5) is 19.6. The van der Waals surface area contributed by atoms with Crippen LogP contribution in [0.1, 0.15) is 6.42 Å². The van der Waals surface area contributed by atoms with Gasteiger partial charge in [-0.25, -0.2) is 0 Å². The second-order valence-corrected chi connectivity index (χ2v) is 7.33. The maximum Gasteiger partial charge on any atom is 0.227 e. The van der Waals surface area contributed by atoms with Crippen molar-refractivity contribution in [3.05, 3.63) is 24.3 Å². The van der Waals surface area contributed by atoms with E-state index in [-0.39, 0.29) is 23.1 Å². The van der Waals surface area contributed by atoms with Crippen LogP contribution in [0.4, 0.5) is 0 Å². The Labute approximate surface area is 141 Å². The van der Waals surface area contributed by atoms with E-state index in [1.165, 1.54) is 5.71 Å². The van der Waals surface area contributed by atoms with Gasteiger partial charge in [-0.3, -0.25) is 9.79 Å². The van der Waals surface area contributed by atoms with Crippen LogP contribution in [0.25, 0.3) is 0 Å². The molecule has 0 aromatic carbocycles. The number of thioether (sulfide) groups is 1. The number of halogens is 1. The highest BCUT2D eigenvalue weighted by atomic mass is 35.5. The van der Waals surface area contributed by atoms with E-state index in [9.17, 15) is 4.79 Å². The standard InChI is InChI=1S/C16H20N2O2S.ClH/c19-15(18-7-9-20-10-8-18)12-11-21-16-5-2-1-3-14(16)17-6-4-13(12)16;/h1-3,5,12-13H,4,6-11H2;1H. The molecule has 3 aliphatic heterocycles. The third-order valence-electron chi connectivity index (χ3n) is 5.01. The van der Waals surface area contributed by atoms with Crippen molar-refractivity contribution >= 4 is 35.8 Å². The van der Waals surface area contributed by atoms with Crippen LogP contribution < -0.4 is 0 Å². The lowest BCUT2D eigenvalue weighted by molar-refractivity contribution is -0.140. The number of carbonyl (C=O) groups is 1. The summed E-state index contributed by atoms with van der Waals surface area (Å²) in [5, 5.41) is 0. The zero-order valence-electron chi connectivity index (χ0n) is 12.4. The van der Waals surface area contributed by atoms with Crippen LogP contribution in [0.2, 0.25) is 0 Å². The maximum absolute atomic E-state index is 12.9. The van der Waals surface area contributed by atoms with E-state index in [0.29, 0.717) is 25.0 Å². The molecule has 3 unspecified atom stereocenters. The Balaban J connectivity index is 0.00000144. The van der Waals surface area contributed by atoms with Crippen molar-refractivity contribution in [2.75, 3.05) is 38.6 Å². The van der Waals surface area contributed by atoms with Gasteiger partial charge in [0.1, 0.15) is 0 Å². The number of morpholine rings is 1. The monoisotopic (exact) mass is 340 g/mol. The minimum atomic E-state index is -0.0421. The Morgan fingerprint density at radius 2 is 2.18 bits per heavy atom. The lowest BCUT2D eigenvalue weighted by Gasteiger charge is -2.39. The topological polar surface area (TPSA) is 41.9 Å². The molecule has 1 amide bonds. The highest BCUT2D eigenvalue weighted by molar-refractivity contribution is 8.02. The SMILES string of the molecule is Cl.O=C(C1CSC23C=CC=CC2=NCCC13)N1CCOCC1. The molecule has 0 saturated carbocycles. The molecule has 4 aliphatic rings. The Morgan fingerprint density at radius 1 is 1.36 bits per heavy atom. The van der Waals surface area contributed by atoms with E-state index in [0.717, 1.165) is 31.8 Å². The summed E-state index contributed by atoms with van der Waals surface area (Å²) in [6.45, 7) is 3.70. The molecule has 0 bridgehead atoms. The third kappa shape index (κ3) is 2.43. The number of allylic oxidation sites excluding steroid dienone is 3. The first-order chi connectivity index (χ1) is 10.3. The van der Waals surface area contributed by atoms with Crippen LogP contribution >= 0.6 is 24.2 Å². The van der Waals surface area contributed by atoms with Gasteiger partial charge in [0.25, 0.3) is 0 Å². The molecule has 4 rings (SSSR count). The lowest BCUT2D eigenvalue weighted by atomic mass is 9.74. The van der Waals surface area contributed by atoms with Gasteiger partial charge in [0.05, 0.1) is 29.6 Å². The molecule has 4 nitrogen and oxygen atoms in total. The molecular weight excluding hydrogens is 320 g/mol. The second-order valence-electron chi connectivity index (χ2n) is 6.03. The predicted molar refractivity (Wildman–Crippen MR) is 92.0 cm³/mol. The van der Waals surface area contributed by atoms with Crippen LogP contribution in [-0.4, -0.2) is 59.9 Å². The fraction of sp³-hybridized carbons (Fsp3) is 0.625. The number of hydrogen-bond acceptors (Lipinski definition) is 4. The number of amides is 1. The summed E-state index contributed by atoms with van der Waals surface area (Å²) >= 11 is 1.91. The minimum Gasteiger partial charge on any atom is -0.378 e. The van der Waals surface area contributed by atoms with E-state index in [1.807, 2.05) is 16.7 Å². The van der Waals surface area contributed by atoms with Crippen LogP contribution in [0.5, 0.6) is 0 Å². The molecule has 0 radical (unpaired) electrons. The zero-order chi connectivity index (χ0) is 14.3. The summed E-state index contributed by atoms with van der Waals surface area (Å²) in [6.07, 6.45) is 9.60. The molecule has 1 spiro atoms. The van der Waals surface area contributed by atoms with Crippen molar-refractivity contribution in [3.63, 3.8) is 0 Å². The van der Waals surface area contributed by atoms with Crippen molar-refractivity contribution < 1.29 is 9.53 Å². The highest BCUT2D eigenvalue weighted by Gasteiger charge is 2.54. The Morgan fingerprint density at radius 3 is 3.00 bits per heavy atom. The highest BCUT2D eigenvalue weighted by Crippen LogP contribution is 2.53. The number of nitrogens with zero attached hydrogens (tertiary/aromatic N) is 2. The van der Waals surface area contributed by atoms with E-state index in [4.69, 9.17) is 9.73 Å². The van der Waals surface area contributed by atoms with Gasteiger partial charge in [-0.05, 0) is 18.4 Å². The normalized spacial score (nSPS) is 36.2. The fourth-order valence-electron chi connectivity index (χ4n) is 3.92. The molecule has 2 saturated heterocycles. The van der Waals surface area contributed by atoms with Crippen molar-refractivity contribution in [2.24, 2.45) is 16.8 Å². The number of hydrogen-bond donors (Lipinski definition) is 0.